The minimum Gasteiger partial charge on any atom is -0.371 e. The number of nitrogens with zero attached hydrogens (tertiary/aromatic N) is 3. The molecule has 1 amide bonds. The number of rotatable bonds is 5. The molecule has 2 atom stereocenters. The molecule has 7 nitrogen and oxygen atoms in total. The molecule has 7 heteroatoms. The highest BCUT2D eigenvalue weighted by molar-refractivity contribution is 5.90. The summed E-state index contributed by atoms with van der Waals surface area (Å²) in [5.41, 5.74) is 6.57. The Hall–Kier alpha value is -3.09. The summed E-state index contributed by atoms with van der Waals surface area (Å²) in [6.45, 7) is 7.83. The van der Waals surface area contributed by atoms with E-state index in [1.165, 1.54) is 0 Å². The molecule has 3 aromatic rings. The molecule has 1 aliphatic heterocycles. The van der Waals surface area contributed by atoms with Gasteiger partial charge in [-0.25, -0.2) is 9.97 Å². The number of benzene rings is 1. The second-order valence-electron chi connectivity index (χ2n) is 9.14. The van der Waals surface area contributed by atoms with Crippen molar-refractivity contribution >= 4 is 28.4 Å². The average Bonchev–Trinajstić information content (AvgIpc) is 3.20. The number of aromatic nitrogens is 3. The zero-order valence-electron chi connectivity index (χ0n) is 17.9. The molecule has 0 spiro atoms. The molecule has 3 heterocycles. The van der Waals surface area contributed by atoms with Crippen molar-refractivity contribution in [2.75, 3.05) is 23.3 Å². The molecule has 1 aliphatic rings. The van der Waals surface area contributed by atoms with Crippen LogP contribution < -0.4 is 16.0 Å². The Kier molecular flexibility index (Phi) is 5.13. The number of amides is 1. The van der Waals surface area contributed by atoms with Crippen molar-refractivity contribution in [1.29, 1.82) is 0 Å². The van der Waals surface area contributed by atoms with Crippen LogP contribution in [-0.4, -0.2) is 39.5 Å². The van der Waals surface area contributed by atoms with Gasteiger partial charge >= 0.3 is 0 Å². The normalized spacial score (nSPS) is 19.4. The van der Waals surface area contributed by atoms with Crippen molar-refractivity contribution < 1.29 is 4.79 Å². The van der Waals surface area contributed by atoms with Gasteiger partial charge in [-0.1, -0.05) is 39.0 Å². The van der Waals surface area contributed by atoms with Gasteiger partial charge in [-0.15, -0.1) is 0 Å². The van der Waals surface area contributed by atoms with Crippen LogP contribution in [0.5, 0.6) is 0 Å². The quantitative estimate of drug-likeness (QED) is 0.602. The van der Waals surface area contributed by atoms with Crippen molar-refractivity contribution in [2.24, 2.45) is 17.1 Å². The number of nitrogens with two attached hydrogens (primary N) is 1. The van der Waals surface area contributed by atoms with Crippen molar-refractivity contribution in [2.45, 2.75) is 39.2 Å². The standard InChI is InChI=1S/C23H30N6O/c1-22(2,3)23(21(24)30,28-17-9-5-4-6-10-17)16-8-7-13-29(14-16)20-18-11-12-25-19(18)26-15-27-20/h4-6,9-12,15-16,28H,7-8,13-14H2,1-3H3,(H2,24,30)(H,25,26,27)/t16-,23?/m1/s1. The molecule has 0 saturated carbocycles. The Bertz CT molecular complexity index is 1020. The number of carbonyl (C=O) groups excluding carboxylic acids is 1. The number of piperidine rings is 1. The second kappa shape index (κ2) is 7.63. The van der Waals surface area contributed by atoms with Crippen LogP contribution in [0.3, 0.4) is 0 Å². The Morgan fingerprint density at radius 1 is 1.20 bits per heavy atom. The fourth-order valence-electron chi connectivity index (χ4n) is 4.92. The Labute approximate surface area is 177 Å². The third-order valence-corrected chi connectivity index (χ3v) is 6.35. The molecule has 30 heavy (non-hydrogen) atoms. The van der Waals surface area contributed by atoms with Crippen LogP contribution in [0.15, 0.2) is 48.9 Å². The number of primary amides is 1. The number of para-hydroxylation sites is 1. The lowest BCUT2D eigenvalue weighted by molar-refractivity contribution is -0.128. The van der Waals surface area contributed by atoms with Crippen LogP contribution in [0.25, 0.3) is 11.0 Å². The SMILES string of the molecule is CC(C)(C)C(Nc1ccccc1)(C(N)=O)[C@@H]1CCCN(c2ncnc3[nH]ccc23)C1. The molecule has 158 valence electrons. The first-order chi connectivity index (χ1) is 14.3. The second-order valence-corrected chi connectivity index (χ2v) is 9.14. The van der Waals surface area contributed by atoms with Crippen molar-refractivity contribution in [3.05, 3.63) is 48.9 Å². The highest BCUT2D eigenvalue weighted by atomic mass is 16.1. The Morgan fingerprint density at radius 2 is 1.97 bits per heavy atom. The van der Waals surface area contributed by atoms with E-state index in [9.17, 15) is 4.79 Å². The number of hydrogen-bond acceptors (Lipinski definition) is 5. The molecule has 1 aromatic carbocycles. The molecule has 4 N–H and O–H groups in total. The molecule has 1 unspecified atom stereocenters. The number of carbonyl (C=O) groups is 1. The maximum Gasteiger partial charge on any atom is 0.244 e. The zero-order chi connectivity index (χ0) is 21.4. The minimum atomic E-state index is -0.905. The van der Waals surface area contributed by atoms with Gasteiger partial charge in [-0.3, -0.25) is 4.79 Å². The highest BCUT2D eigenvalue weighted by Crippen LogP contribution is 2.44. The number of fused-ring (bicyclic) bond motifs is 1. The summed E-state index contributed by atoms with van der Waals surface area (Å²) in [4.78, 5) is 27.4. The first-order valence-corrected chi connectivity index (χ1v) is 10.5. The zero-order valence-corrected chi connectivity index (χ0v) is 17.9. The fourth-order valence-corrected chi connectivity index (χ4v) is 4.92. The maximum atomic E-state index is 13.1. The maximum absolute atomic E-state index is 13.1. The van der Waals surface area contributed by atoms with Gasteiger partial charge in [0.2, 0.25) is 5.91 Å². The highest BCUT2D eigenvalue weighted by Gasteiger charge is 2.54. The van der Waals surface area contributed by atoms with E-state index in [4.69, 9.17) is 5.73 Å². The monoisotopic (exact) mass is 406 g/mol. The molecular formula is C23H30N6O. The molecule has 0 aliphatic carbocycles. The number of nitrogens with one attached hydrogen (secondary N) is 2. The van der Waals surface area contributed by atoms with Gasteiger partial charge in [0.25, 0.3) is 0 Å². The van der Waals surface area contributed by atoms with E-state index in [0.29, 0.717) is 6.54 Å². The van der Waals surface area contributed by atoms with Gasteiger partial charge in [0.05, 0.1) is 5.39 Å². The van der Waals surface area contributed by atoms with Gasteiger partial charge in [-0.2, -0.15) is 0 Å². The van der Waals surface area contributed by atoms with Crippen molar-refractivity contribution in [3.8, 4) is 0 Å². The van der Waals surface area contributed by atoms with E-state index >= 15 is 0 Å². The predicted molar refractivity (Wildman–Crippen MR) is 120 cm³/mol. The lowest BCUT2D eigenvalue weighted by Crippen LogP contribution is -2.66. The van der Waals surface area contributed by atoms with Gasteiger partial charge in [0, 0.05) is 30.9 Å². The van der Waals surface area contributed by atoms with E-state index < -0.39 is 11.0 Å². The number of aromatic amines is 1. The third kappa shape index (κ3) is 3.38. The van der Waals surface area contributed by atoms with E-state index in [-0.39, 0.29) is 11.8 Å². The predicted octanol–water partition coefficient (Wildman–Crippen LogP) is 3.56. The topological polar surface area (TPSA) is 99.9 Å². The Balaban J connectivity index is 1.73. The number of H-pyrrole nitrogens is 1. The van der Waals surface area contributed by atoms with Gasteiger partial charge < -0.3 is 20.9 Å². The van der Waals surface area contributed by atoms with E-state index in [2.05, 4.69) is 45.9 Å². The summed E-state index contributed by atoms with van der Waals surface area (Å²) in [5.74, 6) is 0.603. The fraction of sp³-hybridized carbons (Fsp3) is 0.435. The molecule has 0 bridgehead atoms. The summed E-state index contributed by atoms with van der Waals surface area (Å²) in [6.07, 6.45) is 5.34. The van der Waals surface area contributed by atoms with Crippen LogP contribution in [-0.2, 0) is 4.79 Å². The van der Waals surface area contributed by atoms with Gasteiger partial charge in [0.15, 0.2) is 0 Å². The van der Waals surface area contributed by atoms with Gasteiger partial charge in [-0.05, 0) is 36.5 Å². The first-order valence-electron chi connectivity index (χ1n) is 10.5. The first kappa shape index (κ1) is 20.2. The molecule has 2 aromatic heterocycles. The van der Waals surface area contributed by atoms with Crippen LogP contribution in [0.4, 0.5) is 11.5 Å². The van der Waals surface area contributed by atoms with E-state index in [1.54, 1.807) is 6.33 Å². The Morgan fingerprint density at radius 3 is 2.67 bits per heavy atom. The average molecular weight is 407 g/mol. The molecule has 4 rings (SSSR count). The smallest absolute Gasteiger partial charge is 0.244 e. The summed E-state index contributed by atoms with van der Waals surface area (Å²) in [6, 6.07) is 11.9. The van der Waals surface area contributed by atoms with Crippen molar-refractivity contribution in [3.63, 3.8) is 0 Å². The van der Waals surface area contributed by atoms with Crippen LogP contribution in [0, 0.1) is 11.3 Å². The van der Waals surface area contributed by atoms with E-state index in [1.807, 2.05) is 42.6 Å². The summed E-state index contributed by atoms with van der Waals surface area (Å²) in [5, 5.41) is 4.56. The van der Waals surface area contributed by atoms with Crippen LogP contribution >= 0.6 is 0 Å². The lowest BCUT2D eigenvalue weighted by Gasteiger charge is -2.51. The molecular weight excluding hydrogens is 376 g/mol. The number of anilines is 2. The van der Waals surface area contributed by atoms with Crippen LogP contribution in [0.2, 0.25) is 0 Å². The lowest BCUT2D eigenvalue weighted by atomic mass is 9.63. The van der Waals surface area contributed by atoms with E-state index in [0.717, 1.165) is 41.9 Å². The molecule has 1 fully saturated rings. The summed E-state index contributed by atoms with van der Waals surface area (Å²) < 4.78 is 0. The summed E-state index contributed by atoms with van der Waals surface area (Å²) in [7, 11) is 0. The molecule has 1 saturated heterocycles. The number of hydrogen-bond donors (Lipinski definition) is 3. The van der Waals surface area contributed by atoms with Crippen molar-refractivity contribution in [1.82, 2.24) is 15.0 Å². The van der Waals surface area contributed by atoms with Crippen LogP contribution in [0.1, 0.15) is 33.6 Å². The largest absolute Gasteiger partial charge is 0.371 e. The van der Waals surface area contributed by atoms with Gasteiger partial charge in [0.1, 0.15) is 23.3 Å². The molecule has 0 radical (unpaired) electrons. The minimum absolute atomic E-state index is 0.0212. The summed E-state index contributed by atoms with van der Waals surface area (Å²) >= 11 is 0. The third-order valence-electron chi connectivity index (χ3n) is 6.35.